The molecule has 3 radical (unpaired) electrons. The van der Waals surface area contributed by atoms with E-state index in [0.29, 0.717) is 0 Å². The molecule has 1 aromatic carbocycles. The number of hydrogen-bond donors (Lipinski definition) is 0. The summed E-state index contributed by atoms with van der Waals surface area (Å²) in [7, 11) is 0. The first kappa shape index (κ1) is 23.3. The maximum absolute atomic E-state index is 2.17. The topological polar surface area (TPSA) is 0 Å². The van der Waals surface area contributed by atoms with Crippen LogP contribution in [0.4, 0.5) is 0 Å². The molecule has 0 aliphatic carbocycles. The van der Waals surface area contributed by atoms with Gasteiger partial charge in [-0.15, -0.1) is 0 Å². The van der Waals surface area contributed by atoms with Gasteiger partial charge >= 0.3 is 0 Å². The second kappa shape index (κ2) is 22.8. The predicted molar refractivity (Wildman–Crippen MR) is 72.9 cm³/mol. The zero-order valence-electron chi connectivity index (χ0n) is 9.62. The Kier molecular flexibility index (Phi) is 37.9. The van der Waals surface area contributed by atoms with Crippen LogP contribution >= 0.6 is 0 Å². The van der Waals surface area contributed by atoms with Crippen LogP contribution in [0.1, 0.15) is 43.5 Å². The minimum atomic E-state index is 0. The molecule has 14 heavy (non-hydrogen) atoms. The zero-order valence-corrected chi connectivity index (χ0v) is 9.62. The van der Waals surface area contributed by atoms with Crippen molar-refractivity contribution in [3.8, 4) is 0 Å². The molecule has 1 heteroatoms. The molecular weight excluding hydrogens is 167 g/mol. The molecule has 0 fully saturated rings. The Hall–Kier alpha value is -0.715. The van der Waals surface area contributed by atoms with Gasteiger partial charge in [0, 0.05) is 9.84 Å². The summed E-state index contributed by atoms with van der Waals surface area (Å²) in [5.74, 6) is 0.833. The summed E-state index contributed by atoms with van der Waals surface area (Å²) in [5.41, 5.74) is 0. The highest BCUT2D eigenvalue weighted by Crippen LogP contribution is 1.81. The molecule has 0 spiro atoms. The summed E-state index contributed by atoms with van der Waals surface area (Å²) in [6, 6.07) is 12.0. The number of hydrogen-bond acceptors (Lipinski definition) is 0. The molecule has 0 aromatic heterocycles. The Morgan fingerprint density at radius 2 is 0.786 bits per heavy atom. The van der Waals surface area contributed by atoms with E-state index in [4.69, 9.17) is 0 Å². The lowest BCUT2D eigenvalue weighted by Gasteiger charge is -1.79. The Morgan fingerprint density at radius 1 is 0.714 bits per heavy atom. The maximum atomic E-state index is 2.17. The van der Waals surface area contributed by atoms with Crippen molar-refractivity contribution < 1.29 is 1.43 Å². The first-order valence-corrected chi connectivity index (χ1v) is 4.73. The average molecular weight is 196 g/mol. The van der Waals surface area contributed by atoms with Crippen LogP contribution in [0, 0.1) is 5.92 Å². The highest BCUT2D eigenvalue weighted by Gasteiger charge is 1.68. The smallest absolute Gasteiger partial charge is 0 e. The van der Waals surface area contributed by atoms with Crippen molar-refractivity contribution in [3.63, 3.8) is 0 Å². The predicted octanol–water partition coefficient (Wildman–Crippen LogP) is 4.88. The quantitative estimate of drug-likeness (QED) is 0.519. The van der Waals surface area contributed by atoms with Gasteiger partial charge in [0.05, 0.1) is 0 Å². The lowest BCUT2D eigenvalue weighted by molar-refractivity contribution is 0.737. The summed E-state index contributed by atoms with van der Waals surface area (Å²) in [4.78, 5) is 0. The Balaban J connectivity index is -0.0000000339. The molecule has 1 aromatic rings. The summed E-state index contributed by atoms with van der Waals surface area (Å²) < 4.78 is 0. The van der Waals surface area contributed by atoms with Gasteiger partial charge < -0.3 is 0 Å². The van der Waals surface area contributed by atoms with E-state index in [0.717, 1.165) is 5.92 Å². The minimum Gasteiger partial charge on any atom is -0.0776 e. The number of rotatable bonds is 0. The number of benzene rings is 1. The summed E-state index contributed by atoms with van der Waals surface area (Å²) in [5, 5.41) is 0. The zero-order chi connectivity index (χ0) is 9.82. The van der Waals surface area contributed by atoms with Crippen LogP contribution < -0.4 is 0 Å². The molecule has 0 nitrogen and oxygen atoms in total. The fourth-order valence-corrected chi connectivity index (χ4v) is 0.385. The molecule has 0 bridgehead atoms. The molecule has 0 amide bonds. The third-order valence-electron chi connectivity index (χ3n) is 0.667. The Labute approximate surface area is 94.8 Å². The molecule has 0 aliphatic heterocycles. The summed E-state index contributed by atoms with van der Waals surface area (Å²) in [6.45, 7) is 10.5. The lowest BCUT2D eigenvalue weighted by Crippen LogP contribution is -1.66. The van der Waals surface area contributed by atoms with Gasteiger partial charge in [-0.25, -0.2) is 0 Å². The van der Waals surface area contributed by atoms with E-state index in [1.807, 2.05) is 50.2 Å². The van der Waals surface area contributed by atoms with Gasteiger partial charge in [-0.2, -0.15) is 0 Å². The van der Waals surface area contributed by atoms with E-state index in [9.17, 15) is 0 Å². The van der Waals surface area contributed by atoms with E-state index in [2.05, 4.69) is 20.8 Å². The van der Waals surface area contributed by atoms with E-state index >= 15 is 0 Å². The minimum absolute atomic E-state index is 0. The van der Waals surface area contributed by atoms with Crippen LogP contribution in [0.3, 0.4) is 0 Å². The van der Waals surface area contributed by atoms with Crippen molar-refractivity contribution in [1.82, 2.24) is 0 Å². The van der Waals surface area contributed by atoms with Crippen LogP contribution in [-0.4, -0.2) is 8.41 Å². The molecule has 1 rings (SSSR count). The average Bonchev–Trinajstić information content (AvgIpc) is 2.10. The summed E-state index contributed by atoms with van der Waals surface area (Å²) in [6.07, 6.45) is 0. The fraction of sp³-hybridized carbons (Fsp3) is 0.538. The van der Waals surface area contributed by atoms with Crippen molar-refractivity contribution in [2.45, 2.75) is 42.0 Å². The highest BCUT2D eigenvalue weighted by atomic mass is 13.7. The van der Waals surface area contributed by atoms with Gasteiger partial charge in [0.1, 0.15) is 0 Å². The normalized spacial score (nSPS) is 6.43. The standard InChI is InChI=1S/C6H6.C4H10.C2H6.CH4.B.H2/c1-2-4-6-5-3-1;1-4(2)3;1-2;;;/h1-6H;4H,1-3H3;1-2H3;1H4;;1H/i;;;;;1+1. The highest BCUT2D eigenvalue weighted by molar-refractivity contribution is 5.75. The molecule has 0 saturated carbocycles. The molecule has 0 saturated heterocycles. The first-order chi connectivity index (χ1) is 5.73. The van der Waals surface area contributed by atoms with Crippen molar-refractivity contribution in [1.29, 1.82) is 0 Å². The Bertz CT molecular complexity index is 111. The molecule has 0 N–H and O–H groups in total. The van der Waals surface area contributed by atoms with E-state index in [1.54, 1.807) is 0 Å². The second-order valence-corrected chi connectivity index (χ2v) is 2.89. The van der Waals surface area contributed by atoms with Gasteiger partial charge in [0.2, 0.25) is 0 Å². The van der Waals surface area contributed by atoms with E-state index < -0.39 is 0 Å². The monoisotopic (exact) mass is 196 g/mol. The van der Waals surface area contributed by atoms with Crippen LogP contribution in [0.5, 0.6) is 0 Å². The lowest BCUT2D eigenvalue weighted by atomic mass is 10.3. The van der Waals surface area contributed by atoms with Crippen LogP contribution in [0.25, 0.3) is 0 Å². The van der Waals surface area contributed by atoms with Crippen LogP contribution in [0.2, 0.25) is 0 Å². The second-order valence-electron chi connectivity index (χ2n) is 2.89. The summed E-state index contributed by atoms with van der Waals surface area (Å²) >= 11 is 0. The SMILES string of the molecule is C.CC.CC(C)C.[2HH].[B].c1ccccc1. The van der Waals surface area contributed by atoms with Gasteiger partial charge in [-0.1, -0.05) is 78.4 Å². The molecule has 0 unspecified atom stereocenters. The first-order valence-electron chi connectivity index (χ1n) is 4.73. The largest absolute Gasteiger partial charge is 0.0776 e. The molecule has 0 atom stereocenters. The third-order valence-corrected chi connectivity index (χ3v) is 0.667. The van der Waals surface area contributed by atoms with Crippen molar-refractivity contribution >= 4 is 8.41 Å². The van der Waals surface area contributed by atoms with Crippen LogP contribution in [-0.2, 0) is 0 Å². The van der Waals surface area contributed by atoms with Gasteiger partial charge in [0.15, 0.2) is 0 Å². The van der Waals surface area contributed by atoms with Gasteiger partial charge in [0.25, 0.3) is 0 Å². The fourth-order valence-electron chi connectivity index (χ4n) is 0.385. The van der Waals surface area contributed by atoms with Crippen LogP contribution in [0.15, 0.2) is 36.4 Å². The molecule has 0 aliphatic rings. The van der Waals surface area contributed by atoms with Gasteiger partial charge in [-0.3, -0.25) is 0 Å². The van der Waals surface area contributed by atoms with Crippen molar-refractivity contribution in [2.24, 2.45) is 5.92 Å². The Morgan fingerprint density at radius 3 is 0.857 bits per heavy atom. The van der Waals surface area contributed by atoms with Crippen molar-refractivity contribution in [2.75, 3.05) is 0 Å². The molecule has 0 heterocycles. The molecule has 83 valence electrons. The third kappa shape index (κ3) is 42.7. The van der Waals surface area contributed by atoms with E-state index in [1.165, 1.54) is 0 Å². The van der Waals surface area contributed by atoms with Gasteiger partial charge in [-0.05, 0) is 5.92 Å². The molecular formula is C13H28B. The van der Waals surface area contributed by atoms with Crippen molar-refractivity contribution in [3.05, 3.63) is 36.4 Å². The maximum Gasteiger partial charge on any atom is 0 e. The van der Waals surface area contributed by atoms with E-state index in [-0.39, 0.29) is 17.3 Å².